The van der Waals surface area contributed by atoms with Gasteiger partial charge in [-0.1, -0.05) is 30.3 Å². The highest BCUT2D eigenvalue weighted by atomic mass is 15.2. The molecular weight excluding hydrogens is 348 g/mol. The minimum atomic E-state index is 0.478. The van der Waals surface area contributed by atoms with Crippen molar-refractivity contribution in [1.82, 2.24) is 25.3 Å². The molecule has 2 atom stereocenters. The highest BCUT2D eigenvalue weighted by molar-refractivity contribution is 5.79. The zero-order valence-electron chi connectivity index (χ0n) is 17.4. The van der Waals surface area contributed by atoms with Gasteiger partial charge in [-0.25, -0.2) is 0 Å². The van der Waals surface area contributed by atoms with Crippen LogP contribution in [0.15, 0.2) is 47.7 Å². The summed E-state index contributed by atoms with van der Waals surface area (Å²) in [5.74, 6) is 0.917. The number of hydrogen-bond donors (Lipinski definition) is 2. The predicted molar refractivity (Wildman–Crippen MR) is 115 cm³/mol. The quantitative estimate of drug-likeness (QED) is 0.439. The standard InChI is InChI=1S/C22H34N6/c1-18-14-21(11-13-28(18)17-19-8-5-4-6-9-19)26-22(23-2)24-12-7-10-20-15-25-27(3)16-20/h4-6,8-9,15-16,18,21H,7,10-14,17H2,1-3H3,(H2,23,24,26). The van der Waals surface area contributed by atoms with Crippen molar-refractivity contribution < 1.29 is 0 Å². The van der Waals surface area contributed by atoms with E-state index in [1.807, 2.05) is 25.0 Å². The maximum atomic E-state index is 4.41. The number of aliphatic imine (C=N–C) groups is 1. The second kappa shape index (κ2) is 10.3. The summed E-state index contributed by atoms with van der Waals surface area (Å²) < 4.78 is 1.86. The Morgan fingerprint density at radius 1 is 1.25 bits per heavy atom. The summed E-state index contributed by atoms with van der Waals surface area (Å²) in [6.07, 6.45) is 8.41. The van der Waals surface area contributed by atoms with Gasteiger partial charge in [0.05, 0.1) is 6.20 Å². The van der Waals surface area contributed by atoms with Crippen molar-refractivity contribution in [3.8, 4) is 0 Å². The average molecular weight is 383 g/mol. The van der Waals surface area contributed by atoms with Crippen molar-refractivity contribution in [3.63, 3.8) is 0 Å². The van der Waals surface area contributed by atoms with Crippen molar-refractivity contribution in [3.05, 3.63) is 53.9 Å². The highest BCUT2D eigenvalue weighted by Crippen LogP contribution is 2.19. The van der Waals surface area contributed by atoms with Crippen LogP contribution in [0.1, 0.15) is 37.3 Å². The molecule has 1 aromatic heterocycles. The number of hydrogen-bond acceptors (Lipinski definition) is 3. The topological polar surface area (TPSA) is 57.5 Å². The van der Waals surface area contributed by atoms with Crippen LogP contribution in [0.2, 0.25) is 0 Å². The third-order valence-corrected chi connectivity index (χ3v) is 5.50. The molecule has 2 unspecified atom stereocenters. The summed E-state index contributed by atoms with van der Waals surface area (Å²) in [6, 6.07) is 11.8. The van der Waals surface area contributed by atoms with Crippen LogP contribution in [-0.4, -0.2) is 52.9 Å². The summed E-state index contributed by atoms with van der Waals surface area (Å²) in [5, 5.41) is 11.3. The minimum Gasteiger partial charge on any atom is -0.356 e. The van der Waals surface area contributed by atoms with E-state index >= 15 is 0 Å². The van der Waals surface area contributed by atoms with Gasteiger partial charge < -0.3 is 10.6 Å². The average Bonchev–Trinajstić information content (AvgIpc) is 3.12. The first kappa shape index (κ1) is 20.4. The molecule has 0 amide bonds. The summed E-state index contributed by atoms with van der Waals surface area (Å²) in [6.45, 7) is 5.40. The van der Waals surface area contributed by atoms with E-state index in [2.05, 4.69) is 69.1 Å². The number of guanidine groups is 1. The third-order valence-electron chi connectivity index (χ3n) is 5.50. The number of nitrogens with one attached hydrogen (secondary N) is 2. The van der Waals surface area contributed by atoms with Crippen molar-refractivity contribution in [2.45, 2.75) is 51.2 Å². The van der Waals surface area contributed by atoms with Gasteiger partial charge in [0.15, 0.2) is 5.96 Å². The van der Waals surface area contributed by atoms with Crippen LogP contribution in [-0.2, 0) is 20.0 Å². The van der Waals surface area contributed by atoms with Gasteiger partial charge >= 0.3 is 0 Å². The van der Waals surface area contributed by atoms with Crippen LogP contribution in [0.5, 0.6) is 0 Å². The molecule has 3 rings (SSSR count). The molecule has 1 aromatic carbocycles. The monoisotopic (exact) mass is 382 g/mol. The van der Waals surface area contributed by atoms with Crippen LogP contribution in [0.4, 0.5) is 0 Å². The Bertz CT molecular complexity index is 738. The van der Waals surface area contributed by atoms with Gasteiger partial charge in [0.25, 0.3) is 0 Å². The summed E-state index contributed by atoms with van der Waals surface area (Å²) in [4.78, 5) is 6.99. The molecule has 2 aromatic rings. The first-order chi connectivity index (χ1) is 13.6. The molecule has 0 saturated carbocycles. The Kier molecular flexibility index (Phi) is 7.48. The van der Waals surface area contributed by atoms with E-state index in [1.165, 1.54) is 11.1 Å². The van der Waals surface area contributed by atoms with Crippen LogP contribution < -0.4 is 10.6 Å². The Balaban J connectivity index is 1.38. The molecule has 6 heteroatoms. The van der Waals surface area contributed by atoms with Gasteiger partial charge in [-0.05, 0) is 43.7 Å². The van der Waals surface area contributed by atoms with E-state index in [4.69, 9.17) is 0 Å². The fraction of sp³-hybridized carbons (Fsp3) is 0.545. The van der Waals surface area contributed by atoms with Crippen molar-refractivity contribution >= 4 is 5.96 Å². The van der Waals surface area contributed by atoms with Crippen molar-refractivity contribution in [2.24, 2.45) is 12.0 Å². The normalized spacial score (nSPS) is 20.9. The molecule has 28 heavy (non-hydrogen) atoms. The first-order valence-electron chi connectivity index (χ1n) is 10.4. The number of benzene rings is 1. The molecule has 0 radical (unpaired) electrons. The molecule has 6 nitrogen and oxygen atoms in total. The third kappa shape index (κ3) is 6.09. The SMILES string of the molecule is CN=C(NCCCc1cnn(C)c1)NC1CCN(Cc2ccccc2)C(C)C1. The van der Waals surface area contributed by atoms with Crippen molar-refractivity contribution in [1.29, 1.82) is 0 Å². The number of likely N-dealkylation sites (tertiary alicyclic amines) is 1. The fourth-order valence-electron chi connectivity index (χ4n) is 3.89. The van der Waals surface area contributed by atoms with Gasteiger partial charge in [0.2, 0.25) is 0 Å². The van der Waals surface area contributed by atoms with Gasteiger partial charge in [0, 0.05) is 52.0 Å². The van der Waals surface area contributed by atoms with Gasteiger partial charge in [-0.2, -0.15) is 5.10 Å². The molecule has 1 saturated heterocycles. The van der Waals surface area contributed by atoms with Crippen LogP contribution in [0.25, 0.3) is 0 Å². The van der Waals surface area contributed by atoms with Gasteiger partial charge in [-0.3, -0.25) is 14.6 Å². The molecule has 1 fully saturated rings. The number of piperidine rings is 1. The summed E-state index contributed by atoms with van der Waals surface area (Å²) in [5.41, 5.74) is 2.68. The highest BCUT2D eigenvalue weighted by Gasteiger charge is 2.25. The van der Waals surface area contributed by atoms with E-state index < -0.39 is 0 Å². The second-order valence-electron chi connectivity index (χ2n) is 7.80. The van der Waals surface area contributed by atoms with E-state index in [1.54, 1.807) is 0 Å². The van der Waals surface area contributed by atoms with Gasteiger partial charge in [-0.15, -0.1) is 0 Å². The minimum absolute atomic E-state index is 0.478. The van der Waals surface area contributed by atoms with E-state index in [0.29, 0.717) is 12.1 Å². The smallest absolute Gasteiger partial charge is 0.191 e. The van der Waals surface area contributed by atoms with Crippen LogP contribution in [0.3, 0.4) is 0 Å². The molecule has 0 aliphatic carbocycles. The summed E-state index contributed by atoms with van der Waals surface area (Å²) in [7, 11) is 3.81. The predicted octanol–water partition coefficient (Wildman–Crippen LogP) is 2.57. The molecule has 0 bridgehead atoms. The Morgan fingerprint density at radius 2 is 2.07 bits per heavy atom. The van der Waals surface area contributed by atoms with E-state index in [0.717, 1.165) is 51.3 Å². The van der Waals surface area contributed by atoms with Crippen LogP contribution in [0, 0.1) is 0 Å². The first-order valence-corrected chi connectivity index (χ1v) is 10.4. The molecule has 152 valence electrons. The molecule has 0 spiro atoms. The fourth-order valence-corrected chi connectivity index (χ4v) is 3.89. The van der Waals surface area contributed by atoms with Gasteiger partial charge in [0.1, 0.15) is 0 Å². The van der Waals surface area contributed by atoms with E-state index in [-0.39, 0.29) is 0 Å². The van der Waals surface area contributed by atoms with Crippen LogP contribution >= 0.6 is 0 Å². The zero-order chi connectivity index (χ0) is 19.8. The number of aryl methyl sites for hydroxylation is 2. The Hall–Kier alpha value is -2.34. The second-order valence-corrected chi connectivity index (χ2v) is 7.80. The Morgan fingerprint density at radius 3 is 2.75 bits per heavy atom. The molecular formula is C22H34N6. The number of aromatic nitrogens is 2. The Labute approximate surface area is 169 Å². The zero-order valence-corrected chi connectivity index (χ0v) is 17.4. The lowest BCUT2D eigenvalue weighted by molar-refractivity contribution is 0.134. The molecule has 1 aliphatic rings. The largest absolute Gasteiger partial charge is 0.356 e. The molecule has 1 aliphatic heterocycles. The maximum absolute atomic E-state index is 4.41. The number of nitrogens with zero attached hydrogens (tertiary/aromatic N) is 4. The lowest BCUT2D eigenvalue weighted by atomic mass is 9.97. The maximum Gasteiger partial charge on any atom is 0.191 e. The lowest BCUT2D eigenvalue weighted by Gasteiger charge is -2.38. The molecule has 2 heterocycles. The van der Waals surface area contributed by atoms with Crippen molar-refractivity contribution in [2.75, 3.05) is 20.1 Å². The lowest BCUT2D eigenvalue weighted by Crippen LogP contribution is -2.51. The summed E-state index contributed by atoms with van der Waals surface area (Å²) >= 11 is 0. The van der Waals surface area contributed by atoms with E-state index in [9.17, 15) is 0 Å². The molecule has 2 N–H and O–H groups in total. The number of rotatable bonds is 7.